The number of halogens is 3. The Morgan fingerprint density at radius 1 is 1.23 bits per heavy atom. The fraction of sp³-hybridized carbons (Fsp3) is 0.389. The summed E-state index contributed by atoms with van der Waals surface area (Å²) in [7, 11) is 0. The SMILES string of the molecule is O=C(NC1CC2CC1CN2)c1ccc(Oc2cc(C(F)(F)F)cs2)cc1. The predicted molar refractivity (Wildman–Crippen MR) is 91.6 cm³/mol. The molecule has 3 atom stereocenters. The highest BCUT2D eigenvalue weighted by Gasteiger charge is 2.40. The van der Waals surface area contributed by atoms with Gasteiger partial charge in [0.05, 0.1) is 5.56 Å². The van der Waals surface area contributed by atoms with Crippen molar-refractivity contribution in [1.29, 1.82) is 0 Å². The third-order valence-corrected chi connectivity index (χ3v) is 5.72. The molecule has 2 aromatic rings. The lowest BCUT2D eigenvalue weighted by Crippen LogP contribution is -2.44. The third kappa shape index (κ3) is 3.57. The summed E-state index contributed by atoms with van der Waals surface area (Å²) in [5.41, 5.74) is -0.218. The van der Waals surface area contributed by atoms with Crippen molar-refractivity contribution in [2.45, 2.75) is 31.1 Å². The minimum absolute atomic E-state index is 0.135. The maximum absolute atomic E-state index is 12.6. The minimum Gasteiger partial charge on any atom is -0.447 e. The lowest BCUT2D eigenvalue weighted by Gasteiger charge is -2.23. The van der Waals surface area contributed by atoms with Gasteiger partial charge in [-0.3, -0.25) is 4.79 Å². The van der Waals surface area contributed by atoms with Crippen LogP contribution in [0, 0.1) is 5.92 Å². The van der Waals surface area contributed by atoms with Crippen molar-refractivity contribution in [3.63, 3.8) is 0 Å². The number of alkyl halides is 3. The Kier molecular flexibility index (Phi) is 4.40. The zero-order valence-electron chi connectivity index (χ0n) is 13.7. The van der Waals surface area contributed by atoms with E-state index in [1.165, 1.54) is 0 Å². The summed E-state index contributed by atoms with van der Waals surface area (Å²) < 4.78 is 43.3. The van der Waals surface area contributed by atoms with E-state index in [0.29, 0.717) is 23.3 Å². The first kappa shape index (κ1) is 17.4. The first-order valence-corrected chi connectivity index (χ1v) is 9.24. The Morgan fingerprint density at radius 3 is 2.58 bits per heavy atom. The Balaban J connectivity index is 1.37. The number of nitrogens with one attached hydrogen (secondary N) is 2. The molecule has 0 spiro atoms. The number of amides is 1. The van der Waals surface area contributed by atoms with Crippen molar-refractivity contribution in [3.8, 4) is 10.8 Å². The normalized spacial score (nSPS) is 24.7. The summed E-state index contributed by atoms with van der Waals surface area (Å²) in [4.78, 5) is 12.4. The third-order valence-electron chi connectivity index (χ3n) is 4.92. The lowest BCUT2D eigenvalue weighted by atomic mass is 10.0. The standard InChI is InChI=1S/C18H17F3N2O2S/c19-18(20,21)12-6-16(26-9-12)25-14-3-1-10(2-4-14)17(24)23-15-7-13-5-11(15)8-22-13/h1-4,6,9,11,13,15,22H,5,7-8H2,(H,23,24). The fourth-order valence-corrected chi connectivity index (χ4v) is 4.36. The van der Waals surface area contributed by atoms with Crippen molar-refractivity contribution in [3.05, 3.63) is 46.8 Å². The average Bonchev–Trinajstić information content (AvgIpc) is 3.31. The van der Waals surface area contributed by atoms with Gasteiger partial charge >= 0.3 is 6.18 Å². The molecule has 3 unspecified atom stereocenters. The Hall–Kier alpha value is -2.06. The Labute approximate surface area is 152 Å². The van der Waals surface area contributed by atoms with E-state index in [4.69, 9.17) is 4.74 Å². The maximum atomic E-state index is 12.6. The molecule has 1 saturated carbocycles. The molecule has 0 radical (unpaired) electrons. The van der Waals surface area contributed by atoms with Crippen molar-refractivity contribution < 1.29 is 22.7 Å². The van der Waals surface area contributed by atoms with Crippen LogP contribution in [0.4, 0.5) is 13.2 Å². The van der Waals surface area contributed by atoms with Crippen LogP contribution in [0.1, 0.15) is 28.8 Å². The summed E-state index contributed by atoms with van der Waals surface area (Å²) in [6, 6.07) is 8.09. The van der Waals surface area contributed by atoms with Gasteiger partial charge in [-0.1, -0.05) is 0 Å². The van der Waals surface area contributed by atoms with Crippen LogP contribution in [-0.2, 0) is 6.18 Å². The number of fused-ring (bicyclic) bond motifs is 2. The summed E-state index contributed by atoms with van der Waals surface area (Å²) in [5.74, 6) is 0.749. The van der Waals surface area contributed by atoms with Gasteiger partial charge < -0.3 is 15.4 Å². The molecule has 8 heteroatoms. The van der Waals surface area contributed by atoms with E-state index >= 15 is 0 Å². The quantitative estimate of drug-likeness (QED) is 0.839. The van der Waals surface area contributed by atoms with E-state index in [2.05, 4.69) is 10.6 Å². The smallest absolute Gasteiger partial charge is 0.417 e. The second-order valence-corrected chi connectivity index (χ2v) is 7.57. The Bertz CT molecular complexity index is 804. The summed E-state index contributed by atoms with van der Waals surface area (Å²) >= 11 is 0.882. The average molecular weight is 382 g/mol. The van der Waals surface area contributed by atoms with Gasteiger partial charge in [-0.05, 0) is 43.0 Å². The molecule has 2 aliphatic rings. The molecular formula is C18H17F3N2O2S. The second kappa shape index (κ2) is 6.59. The second-order valence-electron chi connectivity index (χ2n) is 6.70. The molecule has 4 rings (SSSR count). The molecule has 2 fully saturated rings. The minimum atomic E-state index is -4.38. The number of benzene rings is 1. The van der Waals surface area contributed by atoms with Gasteiger partial charge in [0.15, 0.2) is 5.06 Å². The molecular weight excluding hydrogens is 365 g/mol. The van der Waals surface area contributed by atoms with E-state index < -0.39 is 11.7 Å². The van der Waals surface area contributed by atoms with Crippen LogP contribution in [0.5, 0.6) is 10.8 Å². The molecule has 1 saturated heterocycles. The van der Waals surface area contributed by atoms with Gasteiger partial charge in [0.2, 0.25) is 0 Å². The number of hydrogen-bond donors (Lipinski definition) is 2. The van der Waals surface area contributed by atoms with Crippen LogP contribution >= 0.6 is 11.3 Å². The number of ether oxygens (including phenoxy) is 1. The molecule has 1 aromatic heterocycles. The van der Waals surface area contributed by atoms with E-state index in [1.807, 2.05) is 0 Å². The van der Waals surface area contributed by atoms with Crippen molar-refractivity contribution in [2.24, 2.45) is 5.92 Å². The molecule has 138 valence electrons. The fourth-order valence-electron chi connectivity index (χ4n) is 3.57. The molecule has 2 bridgehead atoms. The van der Waals surface area contributed by atoms with Gasteiger partial charge in [-0.25, -0.2) is 0 Å². The van der Waals surface area contributed by atoms with E-state index in [0.717, 1.165) is 42.2 Å². The van der Waals surface area contributed by atoms with Crippen molar-refractivity contribution in [1.82, 2.24) is 10.6 Å². The lowest BCUT2D eigenvalue weighted by molar-refractivity contribution is -0.137. The van der Waals surface area contributed by atoms with Crippen molar-refractivity contribution >= 4 is 17.2 Å². The number of carbonyl (C=O) groups is 1. The maximum Gasteiger partial charge on any atom is 0.417 e. The highest BCUT2D eigenvalue weighted by molar-refractivity contribution is 7.12. The largest absolute Gasteiger partial charge is 0.447 e. The highest BCUT2D eigenvalue weighted by Crippen LogP contribution is 2.37. The summed E-state index contributed by atoms with van der Waals surface area (Å²) in [6.45, 7) is 0.948. The first-order chi connectivity index (χ1) is 12.4. The topological polar surface area (TPSA) is 50.4 Å². The van der Waals surface area contributed by atoms with E-state index in [9.17, 15) is 18.0 Å². The number of rotatable bonds is 4. The monoisotopic (exact) mass is 382 g/mol. The van der Waals surface area contributed by atoms with E-state index in [-0.39, 0.29) is 17.0 Å². The molecule has 2 N–H and O–H groups in total. The van der Waals surface area contributed by atoms with Crippen LogP contribution in [0.15, 0.2) is 35.7 Å². The molecule has 1 aliphatic heterocycles. The zero-order valence-corrected chi connectivity index (χ0v) is 14.5. The van der Waals surface area contributed by atoms with Gasteiger partial charge in [-0.15, -0.1) is 11.3 Å². The number of piperidine rings is 1. The van der Waals surface area contributed by atoms with Gasteiger partial charge in [0, 0.05) is 35.6 Å². The highest BCUT2D eigenvalue weighted by atomic mass is 32.1. The number of hydrogen-bond acceptors (Lipinski definition) is 4. The number of carbonyl (C=O) groups excluding carboxylic acids is 1. The summed E-state index contributed by atoms with van der Waals surface area (Å²) in [6.07, 6.45) is -2.31. The zero-order chi connectivity index (χ0) is 18.3. The molecule has 26 heavy (non-hydrogen) atoms. The van der Waals surface area contributed by atoms with Gasteiger partial charge in [-0.2, -0.15) is 13.2 Å². The van der Waals surface area contributed by atoms with Crippen LogP contribution in [0.2, 0.25) is 0 Å². The molecule has 1 aromatic carbocycles. The van der Waals surface area contributed by atoms with Crippen molar-refractivity contribution in [2.75, 3.05) is 6.54 Å². The number of thiophene rings is 1. The molecule has 1 aliphatic carbocycles. The summed E-state index contributed by atoms with van der Waals surface area (Å²) in [5, 5.41) is 7.65. The van der Waals surface area contributed by atoms with Crippen LogP contribution < -0.4 is 15.4 Å². The first-order valence-electron chi connectivity index (χ1n) is 8.36. The van der Waals surface area contributed by atoms with Gasteiger partial charge in [0.25, 0.3) is 5.91 Å². The Morgan fingerprint density at radius 2 is 2.00 bits per heavy atom. The van der Waals surface area contributed by atoms with Crippen LogP contribution in [0.25, 0.3) is 0 Å². The molecule has 2 heterocycles. The predicted octanol–water partition coefficient (Wildman–Crippen LogP) is 4.04. The molecule has 1 amide bonds. The molecule has 4 nitrogen and oxygen atoms in total. The van der Waals surface area contributed by atoms with Gasteiger partial charge in [0.1, 0.15) is 5.75 Å². The van der Waals surface area contributed by atoms with Crippen LogP contribution in [-0.4, -0.2) is 24.5 Å². The van der Waals surface area contributed by atoms with E-state index in [1.54, 1.807) is 24.3 Å². The van der Waals surface area contributed by atoms with Crippen LogP contribution in [0.3, 0.4) is 0 Å².